The van der Waals surface area contributed by atoms with Crippen LogP contribution in [0.5, 0.6) is 11.5 Å². The fraction of sp³-hybridized carbons (Fsp3) is 0.323. The third kappa shape index (κ3) is 7.06. The average Bonchev–Trinajstić information content (AvgIpc) is 3.37. The number of amides is 1. The van der Waals surface area contributed by atoms with Crippen LogP contribution in [0.3, 0.4) is 0 Å². The first-order valence-electron chi connectivity index (χ1n) is 12.7. The number of nitrogens with one attached hydrogen (secondary N) is 2. The second-order valence-corrected chi connectivity index (χ2v) is 11.3. The van der Waals surface area contributed by atoms with Gasteiger partial charge in [-0.15, -0.1) is 0 Å². The van der Waals surface area contributed by atoms with Crippen LogP contribution in [0.2, 0.25) is 0 Å². The number of amidine groups is 1. The normalized spacial score (nSPS) is 13.8. The predicted molar refractivity (Wildman–Crippen MR) is 152 cm³/mol. The number of ether oxygens (including phenoxy) is 1. The molecule has 37 heavy (non-hydrogen) atoms. The number of pyridine rings is 1. The monoisotopic (exact) mass is 496 g/mol. The summed E-state index contributed by atoms with van der Waals surface area (Å²) in [5, 5.41) is 6.27. The maximum Gasteiger partial charge on any atom is 0.248 e. The highest BCUT2D eigenvalue weighted by molar-refractivity contribution is 6.02. The van der Waals surface area contributed by atoms with E-state index in [9.17, 15) is 4.79 Å². The molecule has 0 saturated heterocycles. The molecule has 0 fully saturated rings. The Morgan fingerprint density at radius 3 is 2.30 bits per heavy atom. The molecule has 0 bridgehead atoms. The first kappa shape index (κ1) is 26.1. The topological polar surface area (TPSA) is 75.6 Å². The third-order valence-electron chi connectivity index (χ3n) is 6.10. The quantitative estimate of drug-likeness (QED) is 0.384. The molecule has 1 aliphatic rings. The van der Waals surface area contributed by atoms with Crippen LogP contribution in [-0.4, -0.2) is 29.8 Å². The zero-order valence-corrected chi connectivity index (χ0v) is 22.6. The number of hydrogen-bond donors (Lipinski definition) is 2. The minimum atomic E-state index is -0.180. The predicted octanol–water partition coefficient (Wildman–Crippen LogP) is 6.47. The van der Waals surface area contributed by atoms with E-state index >= 15 is 0 Å². The maximum absolute atomic E-state index is 12.8. The number of aliphatic imine (C=N–C) groups is 1. The summed E-state index contributed by atoms with van der Waals surface area (Å²) in [7, 11) is 0. The van der Waals surface area contributed by atoms with Crippen molar-refractivity contribution >= 4 is 23.5 Å². The first-order valence-corrected chi connectivity index (χ1v) is 12.7. The molecule has 2 heterocycles. The van der Waals surface area contributed by atoms with Crippen molar-refractivity contribution in [3.63, 3.8) is 0 Å². The van der Waals surface area contributed by atoms with Gasteiger partial charge < -0.3 is 15.4 Å². The van der Waals surface area contributed by atoms with E-state index in [0.29, 0.717) is 11.5 Å². The summed E-state index contributed by atoms with van der Waals surface area (Å²) in [5.41, 5.74) is 4.77. The Morgan fingerprint density at radius 1 is 0.946 bits per heavy atom. The second-order valence-electron chi connectivity index (χ2n) is 11.3. The van der Waals surface area contributed by atoms with Crippen molar-refractivity contribution in [2.24, 2.45) is 4.99 Å². The fourth-order valence-electron chi connectivity index (χ4n) is 3.91. The standard InChI is InChI=1S/C31H36N4O2/c1-30(2,3)22-17-23(31(4,5)6)19-24(18-22)35-28(36)11-10-21-8-7-9-25(16-21)37-26-12-13-32-27(20-26)29-33-14-15-34-29/h7-13,16-20H,14-15H2,1-6H3,(H,33,34)(H,35,36). The maximum atomic E-state index is 12.8. The van der Waals surface area contributed by atoms with Gasteiger partial charge in [-0.3, -0.25) is 14.8 Å². The van der Waals surface area contributed by atoms with Gasteiger partial charge in [-0.05, 0) is 63.9 Å². The van der Waals surface area contributed by atoms with Crippen LogP contribution in [0.25, 0.3) is 6.08 Å². The molecule has 2 aromatic carbocycles. The van der Waals surface area contributed by atoms with Crippen molar-refractivity contribution in [1.82, 2.24) is 10.3 Å². The molecule has 0 radical (unpaired) electrons. The molecule has 1 aliphatic heterocycles. The van der Waals surface area contributed by atoms with E-state index in [2.05, 4.69) is 80.4 Å². The lowest BCUT2D eigenvalue weighted by molar-refractivity contribution is -0.111. The van der Waals surface area contributed by atoms with Crippen molar-refractivity contribution < 1.29 is 9.53 Å². The van der Waals surface area contributed by atoms with Gasteiger partial charge >= 0.3 is 0 Å². The molecule has 0 saturated carbocycles. The van der Waals surface area contributed by atoms with Crippen LogP contribution >= 0.6 is 0 Å². The summed E-state index contributed by atoms with van der Waals surface area (Å²) in [4.78, 5) is 21.6. The van der Waals surface area contributed by atoms with Gasteiger partial charge in [-0.25, -0.2) is 0 Å². The van der Waals surface area contributed by atoms with Crippen molar-refractivity contribution in [3.05, 3.63) is 89.3 Å². The highest BCUT2D eigenvalue weighted by Crippen LogP contribution is 2.32. The zero-order chi connectivity index (χ0) is 26.6. The smallest absolute Gasteiger partial charge is 0.248 e. The molecule has 0 unspecified atom stereocenters. The van der Waals surface area contributed by atoms with Gasteiger partial charge in [0.2, 0.25) is 5.91 Å². The molecule has 1 amide bonds. The molecule has 0 atom stereocenters. The molecular formula is C31H36N4O2. The molecular weight excluding hydrogens is 460 g/mol. The lowest BCUT2D eigenvalue weighted by Crippen LogP contribution is -2.20. The summed E-state index contributed by atoms with van der Waals surface area (Å²) in [6.07, 6.45) is 5.05. The van der Waals surface area contributed by atoms with Gasteiger partial charge in [0.05, 0.1) is 6.54 Å². The number of rotatable bonds is 6. The van der Waals surface area contributed by atoms with Crippen LogP contribution in [0.15, 0.2) is 71.9 Å². The van der Waals surface area contributed by atoms with Crippen molar-refractivity contribution in [2.45, 2.75) is 52.4 Å². The Kier molecular flexibility index (Phi) is 7.48. The minimum absolute atomic E-state index is 0.0202. The van der Waals surface area contributed by atoms with E-state index < -0.39 is 0 Å². The number of carbonyl (C=O) groups is 1. The van der Waals surface area contributed by atoms with Crippen molar-refractivity contribution in [3.8, 4) is 11.5 Å². The Morgan fingerprint density at radius 2 is 1.65 bits per heavy atom. The van der Waals surface area contributed by atoms with Crippen LogP contribution in [0.4, 0.5) is 5.69 Å². The molecule has 0 aliphatic carbocycles. The molecule has 192 valence electrons. The first-order chi connectivity index (χ1) is 17.5. The summed E-state index contributed by atoms with van der Waals surface area (Å²) < 4.78 is 6.05. The Bertz CT molecular complexity index is 1310. The molecule has 6 heteroatoms. The van der Waals surface area contributed by atoms with Crippen molar-refractivity contribution in [1.29, 1.82) is 0 Å². The lowest BCUT2D eigenvalue weighted by atomic mass is 9.80. The number of benzene rings is 2. The van der Waals surface area contributed by atoms with Crippen molar-refractivity contribution in [2.75, 3.05) is 18.4 Å². The van der Waals surface area contributed by atoms with E-state index in [4.69, 9.17) is 4.74 Å². The van der Waals surface area contributed by atoms with E-state index in [1.807, 2.05) is 36.4 Å². The largest absolute Gasteiger partial charge is 0.457 e. The third-order valence-corrected chi connectivity index (χ3v) is 6.10. The summed E-state index contributed by atoms with van der Waals surface area (Å²) in [5.74, 6) is 1.96. The Labute approximate surface area is 219 Å². The molecule has 3 aromatic rings. The van der Waals surface area contributed by atoms with Gasteiger partial charge in [-0.1, -0.05) is 59.7 Å². The summed E-state index contributed by atoms with van der Waals surface area (Å²) in [6.45, 7) is 14.7. The van der Waals surface area contributed by atoms with E-state index in [0.717, 1.165) is 35.9 Å². The Balaban J connectivity index is 1.46. The van der Waals surface area contributed by atoms with E-state index in [1.54, 1.807) is 18.3 Å². The van der Waals surface area contributed by atoms with E-state index in [1.165, 1.54) is 11.1 Å². The molecule has 4 rings (SSSR count). The summed E-state index contributed by atoms with van der Waals surface area (Å²) in [6, 6.07) is 17.7. The van der Waals surface area contributed by atoms with Crippen LogP contribution in [-0.2, 0) is 15.6 Å². The molecule has 2 N–H and O–H groups in total. The van der Waals surface area contributed by atoms with Gasteiger partial charge in [0.15, 0.2) is 0 Å². The summed E-state index contributed by atoms with van der Waals surface area (Å²) >= 11 is 0. The number of anilines is 1. The highest BCUT2D eigenvalue weighted by Gasteiger charge is 2.21. The van der Waals surface area contributed by atoms with Gasteiger partial charge in [-0.2, -0.15) is 0 Å². The highest BCUT2D eigenvalue weighted by atomic mass is 16.5. The van der Waals surface area contributed by atoms with Crippen LogP contribution in [0.1, 0.15) is 63.9 Å². The van der Waals surface area contributed by atoms with Gasteiger partial charge in [0.25, 0.3) is 0 Å². The number of hydrogen-bond acceptors (Lipinski definition) is 5. The SMILES string of the molecule is CC(C)(C)c1cc(NC(=O)C=Cc2cccc(Oc3ccnc(C4=NCCN4)c3)c2)cc(C(C)(C)C)c1. The number of carbonyl (C=O) groups excluding carboxylic acids is 1. The Hall–Kier alpha value is -3.93. The van der Waals surface area contributed by atoms with Crippen LogP contribution < -0.4 is 15.4 Å². The van der Waals surface area contributed by atoms with Crippen LogP contribution in [0, 0.1) is 0 Å². The molecule has 0 spiro atoms. The number of aromatic nitrogens is 1. The van der Waals surface area contributed by atoms with E-state index in [-0.39, 0.29) is 16.7 Å². The average molecular weight is 497 g/mol. The molecule has 6 nitrogen and oxygen atoms in total. The lowest BCUT2D eigenvalue weighted by Gasteiger charge is -2.26. The van der Waals surface area contributed by atoms with Gasteiger partial charge in [0.1, 0.15) is 23.0 Å². The second kappa shape index (κ2) is 10.6. The number of nitrogens with zero attached hydrogens (tertiary/aromatic N) is 2. The van der Waals surface area contributed by atoms with Gasteiger partial charge in [0, 0.05) is 30.6 Å². The zero-order valence-electron chi connectivity index (χ0n) is 22.6. The molecule has 1 aromatic heterocycles. The minimum Gasteiger partial charge on any atom is -0.457 e. The fourth-order valence-corrected chi connectivity index (χ4v) is 3.91.